The Morgan fingerprint density at radius 2 is 1.90 bits per heavy atom. The number of hydrogen-bond acceptors (Lipinski definition) is 6. The van der Waals surface area contributed by atoms with Crippen LogP contribution in [0.25, 0.3) is 10.9 Å². The molecular formula is C11H7NO7S. The van der Waals surface area contributed by atoms with Crippen molar-refractivity contribution in [1.29, 1.82) is 0 Å². The summed E-state index contributed by atoms with van der Waals surface area (Å²) in [6, 6.07) is 1.16. The van der Waals surface area contributed by atoms with Crippen LogP contribution in [0.4, 0.5) is 0 Å². The van der Waals surface area contributed by atoms with Crippen LogP contribution in [0.15, 0.2) is 12.3 Å². The number of pyridine rings is 1. The monoisotopic (exact) mass is 297 g/mol. The topological polar surface area (TPSA) is 134 Å². The van der Waals surface area contributed by atoms with Gasteiger partial charge in [0.2, 0.25) is 5.06 Å². The molecule has 0 aliphatic rings. The highest BCUT2D eigenvalue weighted by Gasteiger charge is 2.20. The summed E-state index contributed by atoms with van der Waals surface area (Å²) in [6.45, 7) is -0.642. The molecule has 104 valence electrons. The zero-order valence-corrected chi connectivity index (χ0v) is 10.5. The van der Waals surface area contributed by atoms with Crippen molar-refractivity contribution in [3.05, 3.63) is 22.7 Å². The average Bonchev–Trinajstić information content (AvgIpc) is 2.74. The maximum atomic E-state index is 11.1. The van der Waals surface area contributed by atoms with Crippen LogP contribution in [-0.2, 0) is 4.79 Å². The fourth-order valence-corrected chi connectivity index (χ4v) is 2.41. The first kappa shape index (κ1) is 13.7. The molecule has 9 heteroatoms. The molecule has 3 N–H and O–H groups in total. The van der Waals surface area contributed by atoms with Gasteiger partial charge in [-0.1, -0.05) is 11.3 Å². The van der Waals surface area contributed by atoms with E-state index < -0.39 is 24.5 Å². The molecule has 2 aromatic heterocycles. The first-order valence-corrected chi connectivity index (χ1v) is 5.95. The number of carbonyl (C=O) groups is 3. The summed E-state index contributed by atoms with van der Waals surface area (Å²) in [5.41, 5.74) is -0.0405. The summed E-state index contributed by atoms with van der Waals surface area (Å²) >= 11 is 0.703. The van der Waals surface area contributed by atoms with E-state index in [1.54, 1.807) is 0 Å². The number of thiophene rings is 1. The highest BCUT2D eigenvalue weighted by atomic mass is 32.1. The number of fused-ring (bicyclic) bond motifs is 1. The normalized spacial score (nSPS) is 10.4. The lowest BCUT2D eigenvalue weighted by Crippen LogP contribution is -2.08. The van der Waals surface area contributed by atoms with E-state index in [4.69, 9.17) is 20.1 Å². The molecule has 0 saturated heterocycles. The first-order chi connectivity index (χ1) is 9.40. The number of ether oxygens (including phenoxy) is 1. The van der Waals surface area contributed by atoms with Gasteiger partial charge >= 0.3 is 17.9 Å². The number of aliphatic carboxylic acids is 1. The van der Waals surface area contributed by atoms with Crippen LogP contribution in [0, 0.1) is 0 Å². The summed E-state index contributed by atoms with van der Waals surface area (Å²) in [4.78, 5) is 36.1. The number of carboxylic acids is 3. The molecule has 0 aliphatic carbocycles. The minimum absolute atomic E-state index is 0.0248. The third-order valence-electron chi connectivity index (χ3n) is 2.29. The molecule has 0 radical (unpaired) electrons. The zero-order valence-electron chi connectivity index (χ0n) is 9.69. The Hall–Kier alpha value is -2.68. The Bertz CT molecular complexity index is 721. The van der Waals surface area contributed by atoms with E-state index in [-0.39, 0.29) is 26.4 Å². The fraction of sp³-hybridized carbons (Fsp3) is 0.0909. The molecule has 0 amide bonds. The van der Waals surface area contributed by atoms with E-state index in [9.17, 15) is 14.4 Å². The van der Waals surface area contributed by atoms with Crippen molar-refractivity contribution in [3.8, 4) is 5.06 Å². The lowest BCUT2D eigenvalue weighted by Gasteiger charge is -1.99. The largest absolute Gasteiger partial charge is 0.479 e. The van der Waals surface area contributed by atoms with Gasteiger partial charge in [0.05, 0.1) is 5.56 Å². The zero-order chi connectivity index (χ0) is 14.9. The standard InChI is InChI=1S/C11H7NO7S/c13-6(14)3-19-11-7-5(8(20-11)10(17)18)1-4(2-12-7)9(15)16/h1-2H,3H2,(H,13,14)(H,15,16)(H,17,18). The van der Waals surface area contributed by atoms with E-state index in [0.717, 1.165) is 12.3 Å². The third kappa shape index (κ3) is 2.52. The van der Waals surface area contributed by atoms with E-state index in [2.05, 4.69) is 4.98 Å². The Labute approximate surface area is 114 Å². The van der Waals surface area contributed by atoms with Gasteiger partial charge in [-0.2, -0.15) is 0 Å². The maximum absolute atomic E-state index is 11.1. The minimum atomic E-state index is -1.27. The summed E-state index contributed by atoms with van der Waals surface area (Å²) in [5, 5.41) is 26.6. The second-order valence-corrected chi connectivity index (χ2v) is 4.61. The fourth-order valence-electron chi connectivity index (χ4n) is 1.50. The highest BCUT2D eigenvalue weighted by Crippen LogP contribution is 2.36. The van der Waals surface area contributed by atoms with Gasteiger partial charge in [-0.3, -0.25) is 4.98 Å². The van der Waals surface area contributed by atoms with Gasteiger partial charge in [-0.25, -0.2) is 14.4 Å². The third-order valence-corrected chi connectivity index (χ3v) is 3.38. The summed E-state index contributed by atoms with van der Waals surface area (Å²) in [7, 11) is 0. The van der Waals surface area contributed by atoms with Gasteiger partial charge < -0.3 is 20.1 Å². The van der Waals surface area contributed by atoms with Crippen molar-refractivity contribution in [2.75, 3.05) is 6.61 Å². The molecular weight excluding hydrogens is 290 g/mol. The number of nitrogens with zero attached hydrogens (tertiary/aromatic N) is 1. The molecule has 0 atom stereocenters. The molecule has 8 nitrogen and oxygen atoms in total. The minimum Gasteiger partial charge on any atom is -0.479 e. The van der Waals surface area contributed by atoms with E-state index in [0.29, 0.717) is 11.3 Å². The highest BCUT2D eigenvalue weighted by molar-refractivity contribution is 7.17. The number of hydrogen-bond donors (Lipinski definition) is 3. The van der Waals surface area contributed by atoms with E-state index >= 15 is 0 Å². The Kier molecular flexibility index (Phi) is 3.53. The number of carboxylic acid groups (broad SMARTS) is 3. The van der Waals surface area contributed by atoms with Crippen molar-refractivity contribution in [2.24, 2.45) is 0 Å². The van der Waals surface area contributed by atoms with Crippen LogP contribution in [0.2, 0.25) is 0 Å². The first-order valence-electron chi connectivity index (χ1n) is 5.14. The molecule has 0 aliphatic heterocycles. The van der Waals surface area contributed by atoms with Crippen molar-refractivity contribution in [2.45, 2.75) is 0 Å². The van der Waals surface area contributed by atoms with Crippen molar-refractivity contribution in [3.63, 3.8) is 0 Å². The molecule has 0 fully saturated rings. The molecule has 0 aromatic carbocycles. The molecule has 0 unspecified atom stereocenters. The predicted molar refractivity (Wildman–Crippen MR) is 66.7 cm³/mol. The number of aromatic nitrogens is 1. The van der Waals surface area contributed by atoms with Crippen molar-refractivity contribution in [1.82, 2.24) is 4.98 Å². The van der Waals surface area contributed by atoms with E-state index in [1.807, 2.05) is 0 Å². The Balaban J connectivity index is 2.58. The van der Waals surface area contributed by atoms with Crippen molar-refractivity contribution < 1.29 is 34.4 Å². The van der Waals surface area contributed by atoms with Crippen LogP contribution in [-0.4, -0.2) is 44.8 Å². The van der Waals surface area contributed by atoms with E-state index in [1.165, 1.54) is 0 Å². The summed E-state index contributed by atoms with van der Waals surface area (Å²) in [6.07, 6.45) is 1.05. The Morgan fingerprint density at radius 1 is 1.20 bits per heavy atom. The Morgan fingerprint density at radius 3 is 2.45 bits per heavy atom. The van der Waals surface area contributed by atoms with Gasteiger partial charge in [0, 0.05) is 11.6 Å². The molecule has 0 bridgehead atoms. The second-order valence-electron chi connectivity index (χ2n) is 3.63. The van der Waals surface area contributed by atoms with Crippen LogP contribution in [0.3, 0.4) is 0 Å². The van der Waals surface area contributed by atoms with Gasteiger partial charge in [0.1, 0.15) is 10.4 Å². The molecule has 20 heavy (non-hydrogen) atoms. The molecule has 2 heterocycles. The smallest absolute Gasteiger partial charge is 0.346 e. The lowest BCUT2D eigenvalue weighted by atomic mass is 10.2. The van der Waals surface area contributed by atoms with Crippen LogP contribution in [0.1, 0.15) is 20.0 Å². The molecule has 0 spiro atoms. The second kappa shape index (κ2) is 5.13. The molecule has 0 saturated carbocycles. The van der Waals surface area contributed by atoms with Crippen LogP contribution >= 0.6 is 11.3 Å². The van der Waals surface area contributed by atoms with Gasteiger partial charge in [0.25, 0.3) is 0 Å². The van der Waals surface area contributed by atoms with Crippen LogP contribution < -0.4 is 4.74 Å². The van der Waals surface area contributed by atoms with Crippen LogP contribution in [0.5, 0.6) is 5.06 Å². The average molecular weight is 297 g/mol. The number of rotatable bonds is 5. The lowest BCUT2D eigenvalue weighted by molar-refractivity contribution is -0.139. The van der Waals surface area contributed by atoms with Gasteiger partial charge in [-0.05, 0) is 6.07 Å². The van der Waals surface area contributed by atoms with Crippen molar-refractivity contribution >= 4 is 40.1 Å². The number of aromatic carboxylic acids is 2. The summed E-state index contributed by atoms with van der Waals surface area (Å²) in [5.74, 6) is -3.73. The quantitative estimate of drug-likeness (QED) is 0.748. The maximum Gasteiger partial charge on any atom is 0.346 e. The summed E-state index contributed by atoms with van der Waals surface area (Å²) < 4.78 is 4.96. The predicted octanol–water partition coefficient (Wildman–Crippen LogP) is 1.16. The SMILES string of the molecule is O=C(O)COc1sc(C(=O)O)c2cc(C(=O)O)cnc12. The van der Waals surface area contributed by atoms with Gasteiger partial charge in [-0.15, -0.1) is 0 Å². The molecule has 2 aromatic rings. The van der Waals surface area contributed by atoms with Gasteiger partial charge in [0.15, 0.2) is 6.61 Å². The molecule has 2 rings (SSSR count).